The molecule has 1 N–H and O–H groups in total. The molecule has 0 aliphatic rings. The molecule has 3 aromatic rings. The fourth-order valence-corrected chi connectivity index (χ4v) is 4.43. The summed E-state index contributed by atoms with van der Waals surface area (Å²) in [6.07, 6.45) is 0. The van der Waals surface area contributed by atoms with E-state index in [4.69, 9.17) is 16.3 Å². The highest BCUT2D eigenvalue weighted by molar-refractivity contribution is 7.89. The lowest BCUT2D eigenvalue weighted by Gasteiger charge is -2.09. The molecule has 3 rings (SSSR count). The van der Waals surface area contributed by atoms with E-state index in [-0.39, 0.29) is 22.8 Å². The third-order valence-corrected chi connectivity index (χ3v) is 6.54. The number of benzene rings is 2. The third-order valence-electron chi connectivity index (χ3n) is 3.87. The smallest absolute Gasteiger partial charge is 0.338 e. The maximum Gasteiger partial charge on any atom is 0.338 e. The second-order valence-corrected chi connectivity index (χ2v) is 9.42. The molecule has 150 valence electrons. The van der Waals surface area contributed by atoms with Crippen molar-refractivity contribution in [1.29, 1.82) is 0 Å². The SMILES string of the molecule is O=C(OCC(=O)c1ccc(Cl)s1)c1cccc(S(=O)(=O)NCc2ccccc2)c1. The average Bonchev–Trinajstić information content (AvgIpc) is 3.17. The summed E-state index contributed by atoms with van der Waals surface area (Å²) in [4.78, 5) is 24.5. The average molecular weight is 450 g/mol. The number of carbonyl (C=O) groups is 2. The number of rotatable bonds is 8. The molecule has 0 amide bonds. The number of thiophene rings is 1. The number of Topliss-reactive ketones (excluding diaryl/α,β-unsaturated/α-hetero) is 1. The van der Waals surface area contributed by atoms with E-state index in [0.29, 0.717) is 9.21 Å². The van der Waals surface area contributed by atoms with Crippen molar-refractivity contribution in [1.82, 2.24) is 4.72 Å². The molecule has 0 unspecified atom stereocenters. The van der Waals surface area contributed by atoms with Gasteiger partial charge in [0.1, 0.15) is 0 Å². The predicted octanol–water partition coefficient (Wildman–Crippen LogP) is 3.92. The van der Waals surface area contributed by atoms with Crippen LogP contribution in [0.1, 0.15) is 25.6 Å². The van der Waals surface area contributed by atoms with Crippen molar-refractivity contribution in [2.24, 2.45) is 0 Å². The second-order valence-electron chi connectivity index (χ2n) is 5.94. The molecule has 9 heteroatoms. The molecule has 0 aliphatic carbocycles. The first-order valence-electron chi connectivity index (χ1n) is 8.44. The molecule has 6 nitrogen and oxygen atoms in total. The molecule has 29 heavy (non-hydrogen) atoms. The quantitative estimate of drug-likeness (QED) is 0.416. The van der Waals surface area contributed by atoms with Gasteiger partial charge in [0.05, 0.1) is 19.7 Å². The minimum Gasteiger partial charge on any atom is -0.454 e. The summed E-state index contributed by atoms with van der Waals surface area (Å²) in [5.41, 5.74) is 0.837. The Labute approximate surface area is 177 Å². The highest BCUT2D eigenvalue weighted by Crippen LogP contribution is 2.22. The van der Waals surface area contributed by atoms with Crippen LogP contribution in [0.3, 0.4) is 0 Å². The van der Waals surface area contributed by atoms with E-state index in [1.54, 1.807) is 24.3 Å². The van der Waals surface area contributed by atoms with Crippen molar-refractivity contribution in [3.63, 3.8) is 0 Å². The Bertz CT molecular complexity index is 1130. The zero-order valence-electron chi connectivity index (χ0n) is 15.0. The first-order valence-corrected chi connectivity index (χ1v) is 11.1. The van der Waals surface area contributed by atoms with Crippen LogP contribution in [0.15, 0.2) is 71.6 Å². The Morgan fingerprint density at radius 3 is 2.45 bits per heavy atom. The summed E-state index contributed by atoms with van der Waals surface area (Å²) in [6.45, 7) is -0.339. The molecule has 0 spiro atoms. The number of carbonyl (C=O) groups excluding carboxylic acids is 2. The lowest BCUT2D eigenvalue weighted by Crippen LogP contribution is -2.23. The summed E-state index contributed by atoms with van der Waals surface area (Å²) in [6, 6.07) is 17.6. The monoisotopic (exact) mass is 449 g/mol. The molecule has 0 fully saturated rings. The van der Waals surface area contributed by atoms with Gasteiger partial charge in [0, 0.05) is 6.54 Å². The van der Waals surface area contributed by atoms with Gasteiger partial charge in [-0.05, 0) is 35.9 Å². The minimum atomic E-state index is -3.82. The molecule has 2 aromatic carbocycles. The van der Waals surface area contributed by atoms with Crippen LogP contribution in [-0.4, -0.2) is 26.8 Å². The normalized spacial score (nSPS) is 11.2. The van der Waals surface area contributed by atoms with E-state index in [1.807, 2.05) is 18.2 Å². The molecule has 0 saturated carbocycles. The summed E-state index contributed by atoms with van der Waals surface area (Å²) in [5, 5.41) is 0. The van der Waals surface area contributed by atoms with Gasteiger partial charge in [0.15, 0.2) is 6.61 Å². The van der Waals surface area contributed by atoms with E-state index in [1.165, 1.54) is 24.3 Å². The Hall–Kier alpha value is -2.52. The lowest BCUT2D eigenvalue weighted by molar-refractivity contribution is 0.0475. The van der Waals surface area contributed by atoms with Crippen molar-refractivity contribution in [2.75, 3.05) is 6.61 Å². The second kappa shape index (κ2) is 9.32. The zero-order chi connectivity index (χ0) is 20.9. The van der Waals surface area contributed by atoms with Gasteiger partial charge in [-0.2, -0.15) is 0 Å². The van der Waals surface area contributed by atoms with Crippen molar-refractivity contribution < 1.29 is 22.7 Å². The number of hydrogen-bond acceptors (Lipinski definition) is 6. The Morgan fingerprint density at radius 1 is 1.00 bits per heavy atom. The van der Waals surface area contributed by atoms with Crippen molar-refractivity contribution in [3.8, 4) is 0 Å². The number of ether oxygens (including phenoxy) is 1. The van der Waals surface area contributed by atoms with E-state index in [9.17, 15) is 18.0 Å². The molecule has 1 heterocycles. The summed E-state index contributed by atoms with van der Waals surface area (Å²) < 4.78 is 33.0. The van der Waals surface area contributed by atoms with Gasteiger partial charge in [-0.15, -0.1) is 11.3 Å². The number of sulfonamides is 1. The van der Waals surface area contributed by atoms with Crippen LogP contribution in [0.25, 0.3) is 0 Å². The lowest BCUT2D eigenvalue weighted by atomic mass is 10.2. The standard InChI is InChI=1S/C20H16ClNO5S2/c21-19-10-9-18(28-19)17(23)13-27-20(24)15-7-4-8-16(11-15)29(25,26)22-12-14-5-2-1-3-6-14/h1-11,22H,12-13H2. The highest BCUT2D eigenvalue weighted by Gasteiger charge is 2.18. The van der Waals surface area contributed by atoms with Crippen LogP contribution in [-0.2, 0) is 21.3 Å². The third kappa shape index (κ3) is 5.74. The van der Waals surface area contributed by atoms with Gasteiger partial charge < -0.3 is 4.74 Å². The first kappa shape index (κ1) is 21.2. The van der Waals surface area contributed by atoms with E-state index in [0.717, 1.165) is 16.9 Å². The number of hydrogen-bond donors (Lipinski definition) is 1. The molecular weight excluding hydrogens is 434 g/mol. The largest absolute Gasteiger partial charge is 0.454 e. The zero-order valence-corrected chi connectivity index (χ0v) is 17.4. The van der Waals surface area contributed by atoms with Crippen LogP contribution < -0.4 is 4.72 Å². The molecular formula is C20H16ClNO5S2. The van der Waals surface area contributed by atoms with Gasteiger partial charge in [0.2, 0.25) is 15.8 Å². The van der Waals surface area contributed by atoms with Crippen LogP contribution in [0, 0.1) is 0 Å². The number of nitrogens with one attached hydrogen (secondary N) is 1. The Balaban J connectivity index is 1.64. The van der Waals surface area contributed by atoms with Gasteiger partial charge in [-0.3, -0.25) is 4.79 Å². The maximum atomic E-state index is 12.5. The van der Waals surface area contributed by atoms with Crippen molar-refractivity contribution in [2.45, 2.75) is 11.4 Å². The fraction of sp³-hybridized carbons (Fsp3) is 0.100. The minimum absolute atomic E-state index is 0.0320. The first-order chi connectivity index (χ1) is 13.8. The Morgan fingerprint density at radius 2 is 1.76 bits per heavy atom. The highest BCUT2D eigenvalue weighted by atomic mass is 35.5. The predicted molar refractivity (Wildman–Crippen MR) is 111 cm³/mol. The molecule has 0 atom stereocenters. The number of halogens is 1. The number of ketones is 1. The van der Waals surface area contributed by atoms with Gasteiger partial charge in [-0.25, -0.2) is 17.9 Å². The summed E-state index contributed by atoms with van der Waals surface area (Å²) in [5.74, 6) is -1.18. The molecule has 0 radical (unpaired) electrons. The van der Waals surface area contributed by atoms with Gasteiger partial charge in [0.25, 0.3) is 0 Å². The number of esters is 1. The topological polar surface area (TPSA) is 89.5 Å². The molecule has 0 saturated heterocycles. The summed E-state index contributed by atoms with van der Waals surface area (Å²) in [7, 11) is -3.82. The summed E-state index contributed by atoms with van der Waals surface area (Å²) >= 11 is 6.87. The van der Waals surface area contributed by atoms with Crippen LogP contribution in [0.2, 0.25) is 4.34 Å². The van der Waals surface area contributed by atoms with E-state index >= 15 is 0 Å². The molecule has 0 aliphatic heterocycles. The van der Waals surface area contributed by atoms with E-state index in [2.05, 4.69) is 4.72 Å². The van der Waals surface area contributed by atoms with Crippen LogP contribution in [0.5, 0.6) is 0 Å². The van der Waals surface area contributed by atoms with Gasteiger partial charge in [-0.1, -0.05) is 48.0 Å². The van der Waals surface area contributed by atoms with Gasteiger partial charge >= 0.3 is 5.97 Å². The molecule has 0 bridgehead atoms. The maximum absolute atomic E-state index is 12.5. The Kier molecular flexibility index (Phi) is 6.81. The fourth-order valence-electron chi connectivity index (χ4n) is 2.40. The van der Waals surface area contributed by atoms with Crippen molar-refractivity contribution in [3.05, 3.63) is 87.1 Å². The van der Waals surface area contributed by atoms with E-state index < -0.39 is 22.6 Å². The van der Waals surface area contributed by atoms with Crippen LogP contribution >= 0.6 is 22.9 Å². The molecule has 1 aromatic heterocycles. The van der Waals surface area contributed by atoms with Crippen LogP contribution in [0.4, 0.5) is 0 Å². The van der Waals surface area contributed by atoms with Crippen molar-refractivity contribution >= 4 is 44.7 Å².